The van der Waals surface area contributed by atoms with Crippen LogP contribution in [0.5, 0.6) is 0 Å². The molecule has 0 bridgehead atoms. The van der Waals surface area contributed by atoms with Crippen LogP contribution in [0.3, 0.4) is 0 Å². The molecule has 1 aliphatic rings. The van der Waals surface area contributed by atoms with E-state index >= 15 is 0 Å². The summed E-state index contributed by atoms with van der Waals surface area (Å²) in [7, 11) is 0. The molecule has 4 aromatic heterocycles. The number of hydrogen-bond donors (Lipinski definition) is 2. The molecule has 4 aromatic rings. The molecule has 9 nitrogen and oxygen atoms in total. The molecule has 0 spiro atoms. The highest BCUT2D eigenvalue weighted by atomic mass is 19.1. The molecule has 1 aliphatic heterocycles. The summed E-state index contributed by atoms with van der Waals surface area (Å²) >= 11 is 0. The Kier molecular flexibility index (Phi) is 3.48. The first kappa shape index (κ1) is 16.2. The van der Waals surface area contributed by atoms with Crippen molar-refractivity contribution in [2.45, 2.75) is 12.5 Å². The quantitative estimate of drug-likeness (QED) is 0.545. The number of pyridine rings is 1. The zero-order valence-electron chi connectivity index (χ0n) is 14.5. The van der Waals surface area contributed by atoms with Crippen molar-refractivity contribution in [2.75, 3.05) is 17.2 Å². The van der Waals surface area contributed by atoms with E-state index in [4.69, 9.17) is 11.0 Å². The average Bonchev–Trinajstić information content (AvgIpc) is 3.34. The van der Waals surface area contributed by atoms with E-state index in [0.717, 1.165) is 17.8 Å². The molecule has 10 heteroatoms. The smallest absolute Gasteiger partial charge is 0.182 e. The van der Waals surface area contributed by atoms with E-state index in [1.54, 1.807) is 24.7 Å². The minimum Gasteiger partial charge on any atom is -0.381 e. The summed E-state index contributed by atoms with van der Waals surface area (Å²) in [5.74, 6) is 0.216. The van der Waals surface area contributed by atoms with Gasteiger partial charge in [0.2, 0.25) is 0 Å². The fourth-order valence-corrected chi connectivity index (χ4v) is 3.57. The summed E-state index contributed by atoms with van der Waals surface area (Å²) in [6.45, 7) is 0.607. The molecule has 5 rings (SSSR count). The molecule has 0 radical (unpaired) electrons. The van der Waals surface area contributed by atoms with Crippen molar-refractivity contribution < 1.29 is 4.39 Å². The van der Waals surface area contributed by atoms with E-state index in [2.05, 4.69) is 25.0 Å². The molecule has 28 heavy (non-hydrogen) atoms. The SMILES string of the molecule is N#Cc1ncc(N2CCc3[nH]cnc3[C@H]2c2cc3c(F)cccn3n2)nc1N. The Balaban J connectivity index is 1.67. The van der Waals surface area contributed by atoms with Crippen molar-refractivity contribution in [3.63, 3.8) is 0 Å². The monoisotopic (exact) mass is 375 g/mol. The molecule has 0 amide bonds. The number of nitrogens with two attached hydrogens (primary N) is 1. The third-order valence-corrected chi connectivity index (χ3v) is 4.86. The molecular formula is C18H14FN9. The van der Waals surface area contributed by atoms with Crippen LogP contribution in [0.1, 0.15) is 28.8 Å². The van der Waals surface area contributed by atoms with E-state index in [1.807, 2.05) is 11.0 Å². The predicted octanol–water partition coefficient (Wildman–Crippen LogP) is 1.59. The standard InChI is InChI=1S/C18H14FN9/c19-10-2-1-4-28-14(10)6-12(26-28)17-16-11(23-9-24-16)3-5-27(17)15-8-22-13(7-20)18(21)25-15/h1-2,4,6,8-9,17H,3,5H2,(H2,21,25)(H,23,24)/t17-/m1/s1. The third kappa shape index (κ3) is 2.37. The Morgan fingerprint density at radius 3 is 3.04 bits per heavy atom. The van der Waals surface area contributed by atoms with Crippen LogP contribution in [0.4, 0.5) is 16.0 Å². The van der Waals surface area contributed by atoms with Crippen LogP contribution in [0.25, 0.3) is 5.52 Å². The van der Waals surface area contributed by atoms with E-state index in [0.29, 0.717) is 23.6 Å². The molecule has 0 aliphatic carbocycles. The van der Waals surface area contributed by atoms with E-state index < -0.39 is 6.04 Å². The van der Waals surface area contributed by atoms with Gasteiger partial charge in [-0.15, -0.1) is 0 Å². The number of aromatic amines is 1. The first-order valence-electron chi connectivity index (χ1n) is 8.61. The average molecular weight is 375 g/mol. The van der Waals surface area contributed by atoms with Gasteiger partial charge in [-0.1, -0.05) is 0 Å². The van der Waals surface area contributed by atoms with Gasteiger partial charge in [-0.2, -0.15) is 10.4 Å². The Morgan fingerprint density at radius 2 is 2.25 bits per heavy atom. The van der Waals surface area contributed by atoms with Crippen LogP contribution in [-0.2, 0) is 6.42 Å². The summed E-state index contributed by atoms with van der Waals surface area (Å²) in [5.41, 5.74) is 8.73. The van der Waals surface area contributed by atoms with Gasteiger partial charge >= 0.3 is 0 Å². The Labute approximate surface area is 158 Å². The number of nitrogens with one attached hydrogen (secondary N) is 1. The van der Waals surface area contributed by atoms with Crippen molar-refractivity contribution >= 4 is 17.2 Å². The first-order chi connectivity index (χ1) is 13.7. The molecule has 1 atom stereocenters. The normalized spacial score (nSPS) is 16.1. The fraction of sp³-hybridized carbons (Fsp3) is 0.167. The Hall–Kier alpha value is -4.00. The highest BCUT2D eigenvalue weighted by molar-refractivity contribution is 5.56. The van der Waals surface area contributed by atoms with Crippen LogP contribution in [0, 0.1) is 17.1 Å². The Morgan fingerprint density at radius 1 is 1.36 bits per heavy atom. The Bertz CT molecular complexity index is 1240. The van der Waals surface area contributed by atoms with Crippen molar-refractivity contribution in [1.82, 2.24) is 29.5 Å². The number of nitriles is 1. The van der Waals surface area contributed by atoms with Gasteiger partial charge in [-0.25, -0.2) is 23.9 Å². The third-order valence-electron chi connectivity index (χ3n) is 4.86. The van der Waals surface area contributed by atoms with Crippen molar-refractivity contribution in [2.24, 2.45) is 0 Å². The molecule has 5 heterocycles. The first-order valence-corrected chi connectivity index (χ1v) is 8.61. The fourth-order valence-electron chi connectivity index (χ4n) is 3.57. The number of nitrogen functional groups attached to an aromatic ring is 1. The van der Waals surface area contributed by atoms with Gasteiger partial charge in [0.15, 0.2) is 17.3 Å². The maximum Gasteiger partial charge on any atom is 0.182 e. The number of hydrogen-bond acceptors (Lipinski definition) is 7. The van der Waals surface area contributed by atoms with Gasteiger partial charge in [0.25, 0.3) is 0 Å². The lowest BCUT2D eigenvalue weighted by atomic mass is 10.00. The number of H-pyrrole nitrogens is 1. The molecule has 138 valence electrons. The molecular weight excluding hydrogens is 361 g/mol. The predicted molar refractivity (Wildman–Crippen MR) is 97.8 cm³/mol. The number of nitrogens with zero attached hydrogens (tertiary/aromatic N) is 7. The van der Waals surface area contributed by atoms with Crippen molar-refractivity contribution in [3.8, 4) is 6.07 Å². The number of halogens is 1. The lowest BCUT2D eigenvalue weighted by Gasteiger charge is -2.34. The molecule has 0 saturated carbocycles. The van der Waals surface area contributed by atoms with Gasteiger partial charge in [0.1, 0.15) is 23.4 Å². The van der Waals surface area contributed by atoms with E-state index in [1.165, 1.54) is 16.8 Å². The second-order valence-electron chi connectivity index (χ2n) is 6.44. The lowest BCUT2D eigenvalue weighted by molar-refractivity contribution is 0.608. The van der Waals surface area contributed by atoms with Crippen LogP contribution in [0.15, 0.2) is 36.9 Å². The van der Waals surface area contributed by atoms with Crippen LogP contribution in [0.2, 0.25) is 0 Å². The van der Waals surface area contributed by atoms with Crippen LogP contribution >= 0.6 is 0 Å². The minimum atomic E-state index is -0.393. The van der Waals surface area contributed by atoms with Crippen molar-refractivity contribution in [3.05, 3.63) is 65.5 Å². The number of imidazole rings is 1. The van der Waals surface area contributed by atoms with Gasteiger partial charge in [-0.3, -0.25) is 0 Å². The second kappa shape index (κ2) is 6.02. The maximum absolute atomic E-state index is 14.2. The van der Waals surface area contributed by atoms with Gasteiger partial charge in [0, 0.05) is 24.9 Å². The number of fused-ring (bicyclic) bond motifs is 2. The molecule has 0 saturated heterocycles. The van der Waals surface area contributed by atoms with Gasteiger partial charge in [0.05, 0.1) is 23.9 Å². The summed E-state index contributed by atoms with van der Waals surface area (Å²) < 4.78 is 15.7. The number of rotatable bonds is 2. The highest BCUT2D eigenvalue weighted by Gasteiger charge is 2.34. The largest absolute Gasteiger partial charge is 0.381 e. The van der Waals surface area contributed by atoms with E-state index in [-0.39, 0.29) is 17.3 Å². The number of anilines is 2. The summed E-state index contributed by atoms with van der Waals surface area (Å²) in [4.78, 5) is 18.0. The molecule has 0 unspecified atom stereocenters. The van der Waals surface area contributed by atoms with Crippen LogP contribution < -0.4 is 10.6 Å². The summed E-state index contributed by atoms with van der Waals surface area (Å²) in [6, 6.07) is 6.22. The minimum absolute atomic E-state index is 0.0626. The topological polar surface area (TPSA) is 125 Å². The molecule has 0 aromatic carbocycles. The van der Waals surface area contributed by atoms with E-state index in [9.17, 15) is 4.39 Å². The second-order valence-corrected chi connectivity index (χ2v) is 6.44. The molecule has 3 N–H and O–H groups in total. The highest BCUT2D eigenvalue weighted by Crippen LogP contribution is 2.36. The zero-order chi connectivity index (χ0) is 19.3. The number of aromatic nitrogens is 6. The van der Waals surface area contributed by atoms with Gasteiger partial charge < -0.3 is 15.6 Å². The maximum atomic E-state index is 14.2. The van der Waals surface area contributed by atoms with Crippen molar-refractivity contribution in [1.29, 1.82) is 5.26 Å². The van der Waals surface area contributed by atoms with Crippen LogP contribution in [-0.4, -0.2) is 36.1 Å². The lowest BCUT2D eigenvalue weighted by Crippen LogP contribution is -2.37. The molecule has 0 fully saturated rings. The van der Waals surface area contributed by atoms with Gasteiger partial charge in [-0.05, 0) is 18.2 Å². The summed E-state index contributed by atoms with van der Waals surface area (Å²) in [6.07, 6.45) is 5.56. The summed E-state index contributed by atoms with van der Waals surface area (Å²) in [5, 5.41) is 13.6. The zero-order valence-corrected chi connectivity index (χ0v) is 14.5.